The predicted molar refractivity (Wildman–Crippen MR) is 91.2 cm³/mol. The number of nitrogens with zero attached hydrogens (tertiary/aromatic N) is 3. The Hall–Kier alpha value is -2.47. The van der Waals surface area contributed by atoms with Gasteiger partial charge in [-0.1, -0.05) is 24.3 Å². The van der Waals surface area contributed by atoms with Gasteiger partial charge < -0.3 is 9.72 Å². The summed E-state index contributed by atoms with van der Waals surface area (Å²) in [5.74, 6) is 0.676. The summed E-state index contributed by atoms with van der Waals surface area (Å²) in [5.41, 5.74) is 2.91. The Kier molecular flexibility index (Phi) is 3.90. The molecule has 0 saturated carbocycles. The van der Waals surface area contributed by atoms with Gasteiger partial charge in [-0.25, -0.2) is 9.67 Å². The first kappa shape index (κ1) is 15.1. The average Bonchev–Trinajstić information content (AvgIpc) is 3.02. The van der Waals surface area contributed by atoms with Crippen LogP contribution in [-0.4, -0.2) is 33.0 Å². The molecule has 24 heavy (non-hydrogen) atoms. The molecule has 1 aromatic carbocycles. The number of benzene rings is 1. The minimum absolute atomic E-state index is 0.123. The Labute approximate surface area is 139 Å². The molecule has 1 N–H and O–H groups in total. The van der Waals surface area contributed by atoms with Crippen molar-refractivity contribution in [1.82, 2.24) is 19.7 Å². The van der Waals surface area contributed by atoms with Crippen LogP contribution in [0.5, 0.6) is 0 Å². The zero-order valence-electron chi connectivity index (χ0n) is 13.7. The van der Waals surface area contributed by atoms with Crippen molar-refractivity contribution in [3.05, 3.63) is 57.8 Å². The fourth-order valence-electron chi connectivity index (χ4n) is 3.25. The first-order valence-electron chi connectivity index (χ1n) is 8.31. The molecule has 0 amide bonds. The zero-order chi connectivity index (χ0) is 16.5. The lowest BCUT2D eigenvalue weighted by Gasteiger charge is -2.22. The largest absolute Gasteiger partial charge is 0.381 e. The molecule has 0 spiro atoms. The number of fused-ring (bicyclic) bond motifs is 1. The van der Waals surface area contributed by atoms with Crippen LogP contribution in [0.25, 0.3) is 11.0 Å². The molecule has 3 aromatic rings. The predicted octanol–water partition coefficient (Wildman–Crippen LogP) is 2.37. The van der Waals surface area contributed by atoms with E-state index in [2.05, 4.69) is 29.1 Å². The van der Waals surface area contributed by atoms with E-state index in [4.69, 9.17) is 9.72 Å². The standard InChI is InChI=1S/C18H20N4O2/c1-12-4-2-3-5-13(12)10-16-20-17-15(18(23)21-16)11-19-22(17)14-6-8-24-9-7-14/h2-5,11,14H,6-10H2,1H3,(H,20,21,23). The third-order valence-electron chi connectivity index (χ3n) is 4.67. The van der Waals surface area contributed by atoms with Crippen LogP contribution < -0.4 is 5.56 Å². The van der Waals surface area contributed by atoms with E-state index < -0.39 is 0 Å². The maximum absolute atomic E-state index is 12.4. The highest BCUT2D eigenvalue weighted by Gasteiger charge is 2.20. The Morgan fingerprint density at radius 1 is 1.29 bits per heavy atom. The third kappa shape index (κ3) is 2.73. The molecule has 6 heteroatoms. The topological polar surface area (TPSA) is 72.8 Å². The molecule has 6 nitrogen and oxygen atoms in total. The lowest BCUT2D eigenvalue weighted by Crippen LogP contribution is -2.21. The molecule has 0 unspecified atom stereocenters. The van der Waals surface area contributed by atoms with Gasteiger partial charge >= 0.3 is 0 Å². The molecule has 2 aromatic heterocycles. The molecule has 0 radical (unpaired) electrons. The van der Waals surface area contributed by atoms with Crippen molar-refractivity contribution in [2.45, 2.75) is 32.2 Å². The lowest BCUT2D eigenvalue weighted by atomic mass is 10.1. The molecular weight excluding hydrogens is 304 g/mol. The van der Waals surface area contributed by atoms with E-state index in [9.17, 15) is 4.79 Å². The van der Waals surface area contributed by atoms with Crippen LogP contribution in [0.15, 0.2) is 35.3 Å². The Morgan fingerprint density at radius 2 is 2.08 bits per heavy atom. The zero-order valence-corrected chi connectivity index (χ0v) is 13.7. The minimum atomic E-state index is -0.123. The maximum atomic E-state index is 12.4. The van der Waals surface area contributed by atoms with Gasteiger partial charge in [0.2, 0.25) is 0 Å². The fourth-order valence-corrected chi connectivity index (χ4v) is 3.25. The normalized spacial score (nSPS) is 15.9. The van der Waals surface area contributed by atoms with Crippen molar-refractivity contribution in [1.29, 1.82) is 0 Å². The van der Waals surface area contributed by atoms with E-state index in [0.29, 0.717) is 23.3 Å². The highest BCUT2D eigenvalue weighted by Crippen LogP contribution is 2.23. The first-order valence-corrected chi connectivity index (χ1v) is 8.31. The van der Waals surface area contributed by atoms with E-state index in [1.165, 1.54) is 5.56 Å². The van der Waals surface area contributed by atoms with Gasteiger partial charge in [-0.05, 0) is 30.9 Å². The molecule has 124 valence electrons. The SMILES string of the molecule is Cc1ccccc1Cc1nc2c(cnn2C2CCOCC2)c(=O)[nH]1. The number of hydrogen-bond acceptors (Lipinski definition) is 4. The van der Waals surface area contributed by atoms with Crippen molar-refractivity contribution in [2.24, 2.45) is 0 Å². The van der Waals surface area contributed by atoms with E-state index in [1.54, 1.807) is 6.20 Å². The van der Waals surface area contributed by atoms with Gasteiger partial charge in [-0.15, -0.1) is 0 Å². The number of aromatic nitrogens is 4. The Bertz CT molecular complexity index is 922. The van der Waals surface area contributed by atoms with E-state index in [1.807, 2.05) is 16.8 Å². The van der Waals surface area contributed by atoms with Gasteiger partial charge in [-0.3, -0.25) is 4.79 Å². The summed E-state index contributed by atoms with van der Waals surface area (Å²) in [7, 11) is 0. The minimum Gasteiger partial charge on any atom is -0.381 e. The van der Waals surface area contributed by atoms with E-state index in [0.717, 1.165) is 31.6 Å². The summed E-state index contributed by atoms with van der Waals surface area (Å²) >= 11 is 0. The second-order valence-corrected chi connectivity index (χ2v) is 6.29. The molecular formula is C18H20N4O2. The maximum Gasteiger partial charge on any atom is 0.262 e. The van der Waals surface area contributed by atoms with Crippen LogP contribution in [0.2, 0.25) is 0 Å². The van der Waals surface area contributed by atoms with Crippen LogP contribution >= 0.6 is 0 Å². The summed E-state index contributed by atoms with van der Waals surface area (Å²) in [5, 5.41) is 4.98. The van der Waals surface area contributed by atoms with Crippen LogP contribution in [0.4, 0.5) is 0 Å². The second kappa shape index (κ2) is 6.20. The van der Waals surface area contributed by atoms with Gasteiger partial charge in [0.15, 0.2) is 5.65 Å². The molecule has 1 aliphatic rings. The van der Waals surface area contributed by atoms with Gasteiger partial charge in [0.25, 0.3) is 5.56 Å². The number of nitrogens with one attached hydrogen (secondary N) is 1. The molecule has 3 heterocycles. The molecule has 1 aliphatic heterocycles. The number of hydrogen-bond donors (Lipinski definition) is 1. The van der Waals surface area contributed by atoms with E-state index >= 15 is 0 Å². The second-order valence-electron chi connectivity index (χ2n) is 6.29. The summed E-state index contributed by atoms with van der Waals surface area (Å²) < 4.78 is 7.32. The number of H-pyrrole nitrogens is 1. The van der Waals surface area contributed by atoms with Crippen LogP contribution in [0, 0.1) is 6.92 Å². The number of rotatable bonds is 3. The highest BCUT2D eigenvalue weighted by atomic mass is 16.5. The molecule has 0 aliphatic carbocycles. The third-order valence-corrected chi connectivity index (χ3v) is 4.67. The summed E-state index contributed by atoms with van der Waals surface area (Å²) in [6.07, 6.45) is 4.03. The number of aryl methyl sites for hydroxylation is 1. The highest BCUT2D eigenvalue weighted by molar-refractivity contribution is 5.73. The van der Waals surface area contributed by atoms with Gasteiger partial charge in [0.1, 0.15) is 11.2 Å². The molecule has 4 rings (SSSR count). The quantitative estimate of drug-likeness (QED) is 0.803. The molecule has 0 bridgehead atoms. The lowest BCUT2D eigenvalue weighted by molar-refractivity contribution is 0.0673. The van der Waals surface area contributed by atoms with E-state index in [-0.39, 0.29) is 11.6 Å². The van der Waals surface area contributed by atoms with Crippen molar-refractivity contribution >= 4 is 11.0 Å². The van der Waals surface area contributed by atoms with Crippen molar-refractivity contribution in [3.8, 4) is 0 Å². The molecule has 1 saturated heterocycles. The Morgan fingerprint density at radius 3 is 2.88 bits per heavy atom. The van der Waals surface area contributed by atoms with Crippen molar-refractivity contribution in [2.75, 3.05) is 13.2 Å². The average molecular weight is 324 g/mol. The van der Waals surface area contributed by atoms with Crippen LogP contribution in [0.3, 0.4) is 0 Å². The van der Waals surface area contributed by atoms with Gasteiger partial charge in [0, 0.05) is 19.6 Å². The number of ether oxygens (including phenoxy) is 1. The van der Waals surface area contributed by atoms with Gasteiger partial charge in [0.05, 0.1) is 12.2 Å². The summed E-state index contributed by atoms with van der Waals surface area (Å²) in [6.45, 7) is 3.52. The molecule has 1 fully saturated rings. The van der Waals surface area contributed by atoms with Crippen LogP contribution in [-0.2, 0) is 11.2 Å². The van der Waals surface area contributed by atoms with Crippen LogP contribution in [0.1, 0.15) is 35.8 Å². The van der Waals surface area contributed by atoms with Crippen molar-refractivity contribution in [3.63, 3.8) is 0 Å². The molecule has 0 atom stereocenters. The van der Waals surface area contributed by atoms with Crippen molar-refractivity contribution < 1.29 is 4.74 Å². The monoisotopic (exact) mass is 324 g/mol. The first-order chi connectivity index (χ1) is 11.7. The Balaban J connectivity index is 1.75. The number of aromatic amines is 1. The smallest absolute Gasteiger partial charge is 0.262 e. The fraction of sp³-hybridized carbons (Fsp3) is 0.389. The summed E-state index contributed by atoms with van der Waals surface area (Å²) in [6, 6.07) is 8.40. The summed E-state index contributed by atoms with van der Waals surface area (Å²) in [4.78, 5) is 20.0. The van der Waals surface area contributed by atoms with Gasteiger partial charge in [-0.2, -0.15) is 5.10 Å².